The highest BCUT2D eigenvalue weighted by Gasteiger charge is 2.21. The molecule has 0 saturated carbocycles. The molecule has 16 heavy (non-hydrogen) atoms. The smallest absolute Gasteiger partial charge is 0.311 e. The van der Waals surface area contributed by atoms with Gasteiger partial charge in [-0.05, 0) is 0 Å². The van der Waals surface area contributed by atoms with Crippen molar-refractivity contribution in [3.63, 3.8) is 0 Å². The molecule has 0 aliphatic heterocycles. The van der Waals surface area contributed by atoms with Crippen LogP contribution in [-0.4, -0.2) is 31.6 Å². The highest BCUT2D eigenvalue weighted by atomic mass is 79.9. The minimum Gasteiger partial charge on any atom is -0.389 e. The lowest BCUT2D eigenvalue weighted by Gasteiger charge is -2.15. The van der Waals surface area contributed by atoms with Crippen molar-refractivity contribution in [1.82, 2.24) is 4.98 Å². The average molecular weight is 292 g/mol. The number of nitro groups is 1. The summed E-state index contributed by atoms with van der Waals surface area (Å²) in [6, 6.07) is 1.10. The summed E-state index contributed by atoms with van der Waals surface area (Å²) in [5, 5.41) is 29.7. The van der Waals surface area contributed by atoms with Crippen LogP contribution in [0.25, 0.3) is 0 Å². The number of alkyl halides is 1. The second-order valence-corrected chi connectivity index (χ2v) is 3.74. The summed E-state index contributed by atoms with van der Waals surface area (Å²) in [7, 11) is 0. The molecule has 2 unspecified atom stereocenters. The van der Waals surface area contributed by atoms with Crippen LogP contribution in [0.1, 0.15) is 11.7 Å². The first-order valence-electron chi connectivity index (χ1n) is 4.29. The predicted molar refractivity (Wildman–Crippen MR) is 60.1 cm³/mol. The van der Waals surface area contributed by atoms with E-state index >= 15 is 0 Å². The topological polar surface area (TPSA) is 123 Å². The Kier molecular flexibility index (Phi) is 4.16. The van der Waals surface area contributed by atoms with Crippen LogP contribution in [0.2, 0.25) is 0 Å². The van der Waals surface area contributed by atoms with E-state index in [9.17, 15) is 20.3 Å². The molecule has 0 amide bonds. The SMILES string of the molecule is Nc1ncc(C(O)C(O)CBr)cc1[N+](=O)[O-]. The zero-order valence-electron chi connectivity index (χ0n) is 8.08. The molecule has 1 aromatic rings. The number of aromatic nitrogens is 1. The molecule has 0 aliphatic carbocycles. The number of pyridine rings is 1. The summed E-state index contributed by atoms with van der Waals surface area (Å²) in [6.45, 7) is 0. The van der Waals surface area contributed by atoms with Gasteiger partial charge in [0, 0.05) is 23.2 Å². The number of nitrogens with two attached hydrogens (primary N) is 1. The molecule has 0 aliphatic rings. The van der Waals surface area contributed by atoms with Crippen molar-refractivity contribution < 1.29 is 15.1 Å². The Balaban J connectivity index is 3.07. The van der Waals surface area contributed by atoms with Gasteiger partial charge in [-0.3, -0.25) is 10.1 Å². The fourth-order valence-electron chi connectivity index (χ4n) is 1.09. The summed E-state index contributed by atoms with van der Waals surface area (Å²) in [6.07, 6.45) is -1.12. The third-order valence-corrected chi connectivity index (χ3v) is 2.64. The van der Waals surface area contributed by atoms with E-state index in [1.54, 1.807) is 0 Å². The third-order valence-electron chi connectivity index (χ3n) is 1.98. The maximum Gasteiger partial charge on any atom is 0.311 e. The molecule has 0 saturated heterocycles. The summed E-state index contributed by atoms with van der Waals surface area (Å²) in [5.74, 6) is -0.228. The van der Waals surface area contributed by atoms with Crippen molar-refractivity contribution in [3.8, 4) is 0 Å². The summed E-state index contributed by atoms with van der Waals surface area (Å²) in [4.78, 5) is 13.5. The molecule has 0 aromatic carbocycles. The Labute approximate surface area is 99.2 Å². The third kappa shape index (κ3) is 2.65. The maximum absolute atomic E-state index is 10.6. The zero-order chi connectivity index (χ0) is 12.3. The Morgan fingerprint density at radius 2 is 2.25 bits per heavy atom. The van der Waals surface area contributed by atoms with Crippen molar-refractivity contribution >= 4 is 27.4 Å². The van der Waals surface area contributed by atoms with Crippen molar-refractivity contribution in [2.24, 2.45) is 0 Å². The maximum atomic E-state index is 10.6. The van der Waals surface area contributed by atoms with E-state index in [2.05, 4.69) is 20.9 Å². The molecule has 1 heterocycles. The van der Waals surface area contributed by atoms with E-state index in [-0.39, 0.29) is 16.7 Å². The molecule has 8 heteroatoms. The summed E-state index contributed by atoms with van der Waals surface area (Å²) < 4.78 is 0. The molecular formula is C8H10BrN3O4. The number of aliphatic hydroxyl groups excluding tert-OH is 2. The van der Waals surface area contributed by atoms with Gasteiger partial charge in [0.25, 0.3) is 0 Å². The molecule has 1 rings (SSSR count). The zero-order valence-corrected chi connectivity index (χ0v) is 9.66. The lowest BCUT2D eigenvalue weighted by molar-refractivity contribution is -0.384. The number of rotatable bonds is 4. The number of aliphatic hydroxyl groups is 2. The fourth-order valence-corrected chi connectivity index (χ4v) is 1.45. The molecule has 2 atom stereocenters. The van der Waals surface area contributed by atoms with Gasteiger partial charge in [0.05, 0.1) is 11.0 Å². The number of hydrogen-bond acceptors (Lipinski definition) is 6. The fraction of sp³-hybridized carbons (Fsp3) is 0.375. The first-order valence-corrected chi connectivity index (χ1v) is 5.41. The Hall–Kier alpha value is -1.25. The van der Waals surface area contributed by atoms with Gasteiger partial charge in [0.15, 0.2) is 0 Å². The van der Waals surface area contributed by atoms with Crippen LogP contribution in [-0.2, 0) is 0 Å². The number of halogens is 1. The van der Waals surface area contributed by atoms with E-state index in [4.69, 9.17) is 5.73 Å². The number of nitrogen functional groups attached to an aromatic ring is 1. The normalized spacial score (nSPS) is 14.4. The van der Waals surface area contributed by atoms with Crippen LogP contribution in [0.4, 0.5) is 11.5 Å². The van der Waals surface area contributed by atoms with Crippen LogP contribution in [0.3, 0.4) is 0 Å². The quantitative estimate of drug-likeness (QED) is 0.418. The molecule has 0 radical (unpaired) electrons. The Bertz CT molecular complexity index is 401. The van der Waals surface area contributed by atoms with Gasteiger partial charge in [-0.1, -0.05) is 15.9 Å². The molecule has 0 spiro atoms. The van der Waals surface area contributed by atoms with E-state index in [0.717, 1.165) is 6.07 Å². The van der Waals surface area contributed by atoms with Crippen LogP contribution in [0.5, 0.6) is 0 Å². The first kappa shape index (κ1) is 12.8. The van der Waals surface area contributed by atoms with Crippen LogP contribution >= 0.6 is 15.9 Å². The second-order valence-electron chi connectivity index (χ2n) is 3.10. The minimum absolute atomic E-state index is 0.145. The lowest BCUT2D eigenvalue weighted by Crippen LogP contribution is -2.20. The summed E-state index contributed by atoms with van der Waals surface area (Å²) in [5.41, 5.74) is 5.05. The van der Waals surface area contributed by atoms with Crippen molar-refractivity contribution in [1.29, 1.82) is 0 Å². The van der Waals surface area contributed by atoms with Crippen LogP contribution in [0.15, 0.2) is 12.3 Å². The van der Waals surface area contributed by atoms with Crippen molar-refractivity contribution in [2.75, 3.05) is 11.1 Å². The largest absolute Gasteiger partial charge is 0.389 e. The Morgan fingerprint density at radius 1 is 1.62 bits per heavy atom. The molecule has 7 nitrogen and oxygen atoms in total. The first-order chi connectivity index (χ1) is 7.47. The van der Waals surface area contributed by atoms with Gasteiger partial charge in [-0.15, -0.1) is 0 Å². The van der Waals surface area contributed by atoms with Crippen molar-refractivity contribution in [2.45, 2.75) is 12.2 Å². The van der Waals surface area contributed by atoms with Gasteiger partial charge in [-0.2, -0.15) is 0 Å². The second kappa shape index (κ2) is 5.19. The van der Waals surface area contributed by atoms with Gasteiger partial charge in [-0.25, -0.2) is 4.98 Å². The van der Waals surface area contributed by atoms with Crippen LogP contribution < -0.4 is 5.73 Å². The van der Waals surface area contributed by atoms with E-state index in [0.29, 0.717) is 0 Å². The highest BCUT2D eigenvalue weighted by molar-refractivity contribution is 9.09. The van der Waals surface area contributed by atoms with Gasteiger partial charge < -0.3 is 15.9 Å². The minimum atomic E-state index is -1.24. The van der Waals surface area contributed by atoms with Crippen molar-refractivity contribution in [3.05, 3.63) is 27.9 Å². The lowest BCUT2D eigenvalue weighted by atomic mass is 10.1. The highest BCUT2D eigenvalue weighted by Crippen LogP contribution is 2.25. The van der Waals surface area contributed by atoms with Gasteiger partial charge >= 0.3 is 5.69 Å². The molecule has 4 N–H and O–H groups in total. The Morgan fingerprint density at radius 3 is 2.75 bits per heavy atom. The van der Waals surface area contributed by atoms with E-state index < -0.39 is 22.8 Å². The van der Waals surface area contributed by atoms with E-state index in [1.165, 1.54) is 6.20 Å². The number of anilines is 1. The molecular weight excluding hydrogens is 282 g/mol. The van der Waals surface area contributed by atoms with Gasteiger partial charge in [0.1, 0.15) is 6.10 Å². The molecule has 88 valence electrons. The monoisotopic (exact) mass is 291 g/mol. The van der Waals surface area contributed by atoms with Crippen LogP contribution in [0, 0.1) is 10.1 Å². The molecule has 0 fully saturated rings. The average Bonchev–Trinajstić information content (AvgIpc) is 2.27. The predicted octanol–water partition coefficient (Wildman–Crippen LogP) is 0.361. The summed E-state index contributed by atoms with van der Waals surface area (Å²) >= 11 is 2.99. The molecule has 1 aromatic heterocycles. The van der Waals surface area contributed by atoms with Gasteiger partial charge in [0.2, 0.25) is 5.82 Å². The number of nitrogens with zero attached hydrogens (tertiary/aromatic N) is 2. The standard InChI is InChI=1S/C8H10BrN3O4/c9-2-6(13)7(14)4-1-5(12(15)16)8(10)11-3-4/h1,3,6-7,13-14H,2H2,(H2,10,11). The number of hydrogen-bond donors (Lipinski definition) is 3. The van der Waals surface area contributed by atoms with E-state index in [1.807, 2.05) is 0 Å². The molecule has 0 bridgehead atoms.